The number of rotatable bonds is 4. The molecule has 5 nitrogen and oxygen atoms in total. The zero-order chi connectivity index (χ0) is 20.2. The zero-order valence-electron chi connectivity index (χ0n) is 17.0. The number of amides is 2. The molecule has 2 aromatic rings. The van der Waals surface area contributed by atoms with Gasteiger partial charge in [0.05, 0.1) is 7.11 Å². The Morgan fingerprint density at radius 3 is 2.28 bits per heavy atom. The van der Waals surface area contributed by atoms with Crippen LogP contribution in [-0.2, 0) is 0 Å². The summed E-state index contributed by atoms with van der Waals surface area (Å²) in [4.78, 5) is 29.6. The van der Waals surface area contributed by atoms with Crippen molar-refractivity contribution in [1.29, 1.82) is 0 Å². The topological polar surface area (TPSA) is 49.9 Å². The molecule has 0 radical (unpaired) electrons. The highest BCUT2D eigenvalue weighted by atomic mass is 16.5. The van der Waals surface area contributed by atoms with E-state index in [0.29, 0.717) is 12.1 Å². The van der Waals surface area contributed by atoms with Gasteiger partial charge in [0, 0.05) is 43.2 Å². The van der Waals surface area contributed by atoms with Crippen molar-refractivity contribution in [3.63, 3.8) is 0 Å². The molecule has 2 saturated heterocycles. The average Bonchev–Trinajstić information content (AvgIpc) is 3.33. The van der Waals surface area contributed by atoms with E-state index in [1.807, 2.05) is 52.3 Å². The number of hydrogen-bond acceptors (Lipinski definition) is 3. The molecule has 5 heteroatoms. The molecule has 2 aliphatic rings. The van der Waals surface area contributed by atoms with Gasteiger partial charge < -0.3 is 14.5 Å². The Morgan fingerprint density at radius 2 is 1.55 bits per heavy atom. The Labute approximate surface area is 172 Å². The van der Waals surface area contributed by atoms with Gasteiger partial charge in [-0.3, -0.25) is 9.59 Å². The second-order valence-electron chi connectivity index (χ2n) is 7.94. The van der Waals surface area contributed by atoms with Gasteiger partial charge in [-0.15, -0.1) is 0 Å². The van der Waals surface area contributed by atoms with Gasteiger partial charge in [-0.25, -0.2) is 0 Å². The lowest BCUT2D eigenvalue weighted by atomic mass is 9.89. The lowest BCUT2D eigenvalue weighted by Crippen LogP contribution is -2.39. The lowest BCUT2D eigenvalue weighted by Gasteiger charge is -2.33. The molecule has 0 aromatic heterocycles. The van der Waals surface area contributed by atoms with Crippen LogP contribution in [0, 0.1) is 0 Å². The van der Waals surface area contributed by atoms with E-state index in [1.165, 1.54) is 0 Å². The van der Waals surface area contributed by atoms with Gasteiger partial charge in [0.2, 0.25) is 0 Å². The molecule has 0 saturated carbocycles. The third kappa shape index (κ3) is 4.29. The Hall–Kier alpha value is -2.82. The van der Waals surface area contributed by atoms with Gasteiger partial charge in [0.25, 0.3) is 11.8 Å². The third-order valence-electron chi connectivity index (χ3n) is 6.04. The molecule has 2 aliphatic heterocycles. The molecular weight excluding hydrogens is 364 g/mol. The van der Waals surface area contributed by atoms with Crippen LogP contribution in [-0.4, -0.2) is 54.9 Å². The van der Waals surface area contributed by atoms with Gasteiger partial charge in [-0.2, -0.15) is 0 Å². The average molecular weight is 392 g/mol. The Morgan fingerprint density at radius 1 is 0.862 bits per heavy atom. The molecule has 1 atom stereocenters. The van der Waals surface area contributed by atoms with E-state index in [2.05, 4.69) is 6.07 Å². The van der Waals surface area contributed by atoms with Crippen LogP contribution in [0.4, 0.5) is 0 Å². The minimum absolute atomic E-state index is 0.0571. The Bertz CT molecular complexity index is 872. The van der Waals surface area contributed by atoms with Crippen LogP contribution < -0.4 is 4.74 Å². The summed E-state index contributed by atoms with van der Waals surface area (Å²) in [5.41, 5.74) is 2.61. The van der Waals surface area contributed by atoms with Gasteiger partial charge >= 0.3 is 0 Å². The molecule has 0 spiro atoms. The minimum Gasteiger partial charge on any atom is -0.497 e. The first-order chi connectivity index (χ1) is 14.2. The van der Waals surface area contributed by atoms with Crippen LogP contribution in [0.2, 0.25) is 0 Å². The van der Waals surface area contributed by atoms with Crippen molar-refractivity contribution in [2.45, 2.75) is 31.6 Å². The first kappa shape index (κ1) is 19.5. The highest BCUT2D eigenvalue weighted by Gasteiger charge is 2.27. The summed E-state index contributed by atoms with van der Waals surface area (Å²) in [7, 11) is 1.62. The Balaban J connectivity index is 1.47. The molecule has 4 rings (SSSR count). The highest BCUT2D eigenvalue weighted by Crippen LogP contribution is 2.29. The smallest absolute Gasteiger partial charge is 0.253 e. The normalized spacial score (nSPS) is 19.3. The predicted octanol–water partition coefficient (Wildman–Crippen LogP) is 3.95. The molecule has 0 N–H and O–H groups in total. The zero-order valence-corrected chi connectivity index (χ0v) is 17.0. The second-order valence-corrected chi connectivity index (χ2v) is 7.94. The van der Waals surface area contributed by atoms with Crippen molar-refractivity contribution >= 4 is 11.8 Å². The number of carbonyl (C=O) groups is 2. The molecule has 152 valence electrons. The quantitative estimate of drug-likeness (QED) is 0.792. The van der Waals surface area contributed by atoms with Crippen molar-refractivity contribution in [2.75, 3.05) is 33.3 Å². The van der Waals surface area contributed by atoms with E-state index in [-0.39, 0.29) is 17.7 Å². The fourth-order valence-corrected chi connectivity index (χ4v) is 4.38. The fourth-order valence-electron chi connectivity index (χ4n) is 4.38. The summed E-state index contributed by atoms with van der Waals surface area (Å²) in [6, 6.07) is 15.3. The van der Waals surface area contributed by atoms with E-state index in [4.69, 9.17) is 4.74 Å². The first-order valence-electron chi connectivity index (χ1n) is 10.5. The predicted molar refractivity (Wildman–Crippen MR) is 112 cm³/mol. The maximum absolute atomic E-state index is 12.9. The molecule has 2 fully saturated rings. The summed E-state index contributed by atoms with van der Waals surface area (Å²) in [6.45, 7) is 3.17. The number of piperidine rings is 1. The van der Waals surface area contributed by atoms with Gasteiger partial charge in [0.15, 0.2) is 0 Å². The third-order valence-corrected chi connectivity index (χ3v) is 6.04. The summed E-state index contributed by atoms with van der Waals surface area (Å²) in [5, 5.41) is 0. The minimum atomic E-state index is 0.0571. The van der Waals surface area contributed by atoms with Crippen LogP contribution in [0.5, 0.6) is 5.75 Å². The van der Waals surface area contributed by atoms with Crippen LogP contribution in [0.1, 0.15) is 57.9 Å². The summed E-state index contributed by atoms with van der Waals surface area (Å²) in [5.74, 6) is 1.20. The molecule has 0 aliphatic carbocycles. The van der Waals surface area contributed by atoms with Crippen LogP contribution in [0.15, 0.2) is 48.5 Å². The van der Waals surface area contributed by atoms with Crippen LogP contribution in [0.3, 0.4) is 0 Å². The number of likely N-dealkylation sites (tertiary alicyclic amines) is 2. The monoisotopic (exact) mass is 392 g/mol. The number of benzene rings is 2. The molecule has 0 unspecified atom stereocenters. The van der Waals surface area contributed by atoms with Crippen molar-refractivity contribution in [3.05, 3.63) is 65.2 Å². The van der Waals surface area contributed by atoms with Gasteiger partial charge in [-0.1, -0.05) is 12.1 Å². The molecule has 29 heavy (non-hydrogen) atoms. The van der Waals surface area contributed by atoms with E-state index in [1.54, 1.807) is 7.11 Å². The van der Waals surface area contributed by atoms with E-state index in [0.717, 1.165) is 62.2 Å². The standard InChI is InChI=1S/C24H28N2O3/c1-29-22-11-9-18(10-12-22)23(27)26-15-5-8-21(17-26)19-6-4-7-20(16-19)24(28)25-13-2-3-14-25/h4,6-7,9-12,16,21H,2-3,5,8,13-15,17H2,1H3/t21-/m1/s1. The second kappa shape index (κ2) is 8.68. The van der Waals surface area contributed by atoms with Gasteiger partial charge in [-0.05, 0) is 67.6 Å². The summed E-state index contributed by atoms with van der Waals surface area (Å²) in [6.07, 6.45) is 4.19. The van der Waals surface area contributed by atoms with Crippen molar-refractivity contribution in [2.24, 2.45) is 0 Å². The van der Waals surface area contributed by atoms with Gasteiger partial charge in [0.1, 0.15) is 5.75 Å². The number of ether oxygens (including phenoxy) is 1. The largest absolute Gasteiger partial charge is 0.497 e. The number of methoxy groups -OCH3 is 1. The SMILES string of the molecule is COc1ccc(C(=O)N2CCC[C@@H](c3cccc(C(=O)N4CCCC4)c3)C2)cc1. The van der Waals surface area contributed by atoms with E-state index < -0.39 is 0 Å². The summed E-state index contributed by atoms with van der Waals surface area (Å²) >= 11 is 0. The molecule has 2 heterocycles. The number of carbonyl (C=O) groups excluding carboxylic acids is 2. The van der Waals surface area contributed by atoms with E-state index in [9.17, 15) is 9.59 Å². The lowest BCUT2D eigenvalue weighted by molar-refractivity contribution is 0.0705. The molecule has 0 bridgehead atoms. The molecule has 2 aromatic carbocycles. The number of hydrogen-bond donors (Lipinski definition) is 0. The number of nitrogens with zero attached hydrogens (tertiary/aromatic N) is 2. The maximum Gasteiger partial charge on any atom is 0.253 e. The maximum atomic E-state index is 12.9. The molecule has 2 amide bonds. The molecular formula is C24H28N2O3. The van der Waals surface area contributed by atoms with Crippen molar-refractivity contribution in [1.82, 2.24) is 9.80 Å². The Kier molecular flexibility index (Phi) is 5.84. The van der Waals surface area contributed by atoms with E-state index >= 15 is 0 Å². The van der Waals surface area contributed by atoms with Crippen molar-refractivity contribution in [3.8, 4) is 5.75 Å². The van der Waals surface area contributed by atoms with Crippen LogP contribution >= 0.6 is 0 Å². The highest BCUT2D eigenvalue weighted by molar-refractivity contribution is 5.95. The fraction of sp³-hybridized carbons (Fsp3) is 0.417. The summed E-state index contributed by atoms with van der Waals surface area (Å²) < 4.78 is 5.18. The first-order valence-corrected chi connectivity index (χ1v) is 10.5. The van der Waals surface area contributed by atoms with Crippen LogP contribution in [0.25, 0.3) is 0 Å². The van der Waals surface area contributed by atoms with Crippen molar-refractivity contribution < 1.29 is 14.3 Å².